The fourth-order valence-electron chi connectivity index (χ4n) is 2.75. The highest BCUT2D eigenvalue weighted by Crippen LogP contribution is 2.34. The van der Waals surface area contributed by atoms with E-state index in [9.17, 15) is 4.79 Å². The van der Waals surface area contributed by atoms with Crippen molar-refractivity contribution in [3.63, 3.8) is 0 Å². The van der Waals surface area contributed by atoms with Gasteiger partial charge in [-0.2, -0.15) is 0 Å². The maximum atomic E-state index is 12.5. The van der Waals surface area contributed by atoms with Gasteiger partial charge in [-0.3, -0.25) is 4.79 Å². The van der Waals surface area contributed by atoms with Crippen molar-refractivity contribution >= 4 is 5.91 Å². The number of hydrogen-bond acceptors (Lipinski definition) is 2. The molecular formula is C16H32N2O. The van der Waals surface area contributed by atoms with Gasteiger partial charge in [-0.05, 0) is 36.0 Å². The van der Waals surface area contributed by atoms with Crippen molar-refractivity contribution in [1.29, 1.82) is 0 Å². The molecule has 1 amide bonds. The minimum absolute atomic E-state index is 0.127. The number of hydrogen-bond donors (Lipinski definition) is 1. The van der Waals surface area contributed by atoms with Gasteiger partial charge in [-0.15, -0.1) is 0 Å². The lowest BCUT2D eigenvalue weighted by Crippen LogP contribution is -2.50. The van der Waals surface area contributed by atoms with Crippen molar-refractivity contribution in [3.05, 3.63) is 0 Å². The summed E-state index contributed by atoms with van der Waals surface area (Å²) < 4.78 is 0. The van der Waals surface area contributed by atoms with Gasteiger partial charge in [0.2, 0.25) is 5.91 Å². The normalized spacial score (nSPS) is 23.9. The van der Waals surface area contributed by atoms with Crippen LogP contribution in [0.15, 0.2) is 0 Å². The Bertz CT molecular complexity index is 312. The van der Waals surface area contributed by atoms with E-state index in [0.717, 1.165) is 25.9 Å². The summed E-state index contributed by atoms with van der Waals surface area (Å²) >= 11 is 0. The molecule has 1 aliphatic heterocycles. The van der Waals surface area contributed by atoms with E-state index in [4.69, 9.17) is 5.73 Å². The molecule has 1 aliphatic rings. The first-order chi connectivity index (χ1) is 8.53. The minimum Gasteiger partial charge on any atom is -0.341 e. The van der Waals surface area contributed by atoms with Gasteiger partial charge in [-0.1, -0.05) is 41.5 Å². The molecule has 1 heterocycles. The molecule has 0 saturated carbocycles. The second-order valence-corrected chi connectivity index (χ2v) is 8.16. The lowest BCUT2D eigenvalue weighted by molar-refractivity contribution is -0.135. The minimum atomic E-state index is -0.390. The van der Waals surface area contributed by atoms with E-state index in [1.807, 2.05) is 25.7 Å². The Morgan fingerprint density at radius 2 is 1.68 bits per heavy atom. The van der Waals surface area contributed by atoms with Crippen LogP contribution in [-0.2, 0) is 4.79 Å². The van der Waals surface area contributed by atoms with Gasteiger partial charge >= 0.3 is 0 Å². The maximum absolute atomic E-state index is 12.5. The molecule has 0 aromatic carbocycles. The van der Waals surface area contributed by atoms with E-state index in [1.165, 1.54) is 6.42 Å². The second kappa shape index (κ2) is 5.82. The van der Waals surface area contributed by atoms with Gasteiger partial charge in [0.1, 0.15) is 0 Å². The Hall–Kier alpha value is -0.570. The standard InChI is InChI=1S/C16H32N2O/c1-15(2,3)12-8-7-10-18(11-9-12)14(19)13(17)16(4,5)6/h12-13H,7-11,17H2,1-6H3/t12?,13-/m1/s1. The Kier molecular flexibility index (Phi) is 5.05. The molecule has 2 atom stereocenters. The van der Waals surface area contributed by atoms with Gasteiger partial charge in [0.15, 0.2) is 0 Å². The molecule has 3 nitrogen and oxygen atoms in total. The molecule has 112 valence electrons. The Morgan fingerprint density at radius 1 is 1.11 bits per heavy atom. The first kappa shape index (κ1) is 16.5. The van der Waals surface area contributed by atoms with Crippen molar-refractivity contribution in [3.8, 4) is 0 Å². The smallest absolute Gasteiger partial charge is 0.240 e. The fraction of sp³-hybridized carbons (Fsp3) is 0.938. The van der Waals surface area contributed by atoms with E-state index < -0.39 is 6.04 Å². The molecule has 0 radical (unpaired) electrons. The third kappa shape index (κ3) is 4.48. The highest BCUT2D eigenvalue weighted by molar-refractivity contribution is 5.82. The second-order valence-electron chi connectivity index (χ2n) is 8.16. The van der Waals surface area contributed by atoms with Crippen molar-refractivity contribution in [2.24, 2.45) is 22.5 Å². The summed E-state index contributed by atoms with van der Waals surface area (Å²) in [4.78, 5) is 14.4. The van der Waals surface area contributed by atoms with Crippen molar-refractivity contribution < 1.29 is 4.79 Å². The maximum Gasteiger partial charge on any atom is 0.240 e. The van der Waals surface area contributed by atoms with Gasteiger partial charge in [0, 0.05) is 13.1 Å². The summed E-state index contributed by atoms with van der Waals surface area (Å²) in [5, 5.41) is 0. The zero-order valence-corrected chi connectivity index (χ0v) is 13.6. The predicted octanol–water partition coefficient (Wildman–Crippen LogP) is 3.03. The number of amides is 1. The third-order valence-electron chi connectivity index (χ3n) is 4.46. The van der Waals surface area contributed by atoms with Crippen LogP contribution in [0.2, 0.25) is 0 Å². The van der Waals surface area contributed by atoms with E-state index in [-0.39, 0.29) is 11.3 Å². The lowest BCUT2D eigenvalue weighted by atomic mass is 9.77. The van der Waals surface area contributed by atoms with E-state index in [1.54, 1.807) is 0 Å². The third-order valence-corrected chi connectivity index (χ3v) is 4.46. The molecule has 3 heteroatoms. The van der Waals surface area contributed by atoms with Crippen molar-refractivity contribution in [2.75, 3.05) is 13.1 Å². The number of carbonyl (C=O) groups is 1. The van der Waals surface area contributed by atoms with Crippen LogP contribution in [0.4, 0.5) is 0 Å². The van der Waals surface area contributed by atoms with Crippen LogP contribution in [0.5, 0.6) is 0 Å². The van der Waals surface area contributed by atoms with Crippen LogP contribution in [0.3, 0.4) is 0 Å². The topological polar surface area (TPSA) is 46.3 Å². The number of nitrogens with zero attached hydrogens (tertiary/aromatic N) is 1. The van der Waals surface area contributed by atoms with Crippen molar-refractivity contribution in [2.45, 2.75) is 66.8 Å². The van der Waals surface area contributed by atoms with Crippen LogP contribution in [-0.4, -0.2) is 29.9 Å². The quantitative estimate of drug-likeness (QED) is 0.794. The molecule has 0 aromatic rings. The molecule has 0 spiro atoms. The summed E-state index contributed by atoms with van der Waals surface area (Å²) in [5.41, 5.74) is 6.28. The summed E-state index contributed by atoms with van der Waals surface area (Å²) in [7, 11) is 0. The Labute approximate surface area is 118 Å². The highest BCUT2D eigenvalue weighted by Gasteiger charge is 2.33. The molecule has 0 aromatic heterocycles. The summed E-state index contributed by atoms with van der Waals surface area (Å²) in [5.74, 6) is 0.832. The lowest BCUT2D eigenvalue weighted by Gasteiger charge is -2.32. The average molecular weight is 268 g/mol. The van der Waals surface area contributed by atoms with E-state index in [0.29, 0.717) is 11.3 Å². The van der Waals surface area contributed by atoms with Crippen LogP contribution in [0.1, 0.15) is 60.8 Å². The monoisotopic (exact) mass is 268 g/mol. The molecule has 1 unspecified atom stereocenters. The molecular weight excluding hydrogens is 236 g/mol. The van der Waals surface area contributed by atoms with Crippen LogP contribution < -0.4 is 5.73 Å². The first-order valence-electron chi connectivity index (χ1n) is 7.58. The fourth-order valence-corrected chi connectivity index (χ4v) is 2.75. The largest absolute Gasteiger partial charge is 0.341 e. The average Bonchev–Trinajstić information content (AvgIpc) is 2.50. The van der Waals surface area contributed by atoms with Gasteiger partial charge < -0.3 is 10.6 Å². The summed E-state index contributed by atoms with van der Waals surface area (Å²) in [6.45, 7) is 14.7. The molecule has 0 bridgehead atoms. The predicted molar refractivity (Wildman–Crippen MR) is 80.8 cm³/mol. The number of nitrogens with two attached hydrogens (primary N) is 1. The summed E-state index contributed by atoms with van der Waals surface area (Å²) in [6.07, 6.45) is 3.43. The Morgan fingerprint density at radius 3 is 2.16 bits per heavy atom. The molecule has 0 aliphatic carbocycles. The molecule has 1 saturated heterocycles. The molecule has 19 heavy (non-hydrogen) atoms. The van der Waals surface area contributed by atoms with Gasteiger partial charge in [0.05, 0.1) is 6.04 Å². The van der Waals surface area contributed by atoms with E-state index >= 15 is 0 Å². The van der Waals surface area contributed by atoms with Crippen molar-refractivity contribution in [1.82, 2.24) is 4.90 Å². The first-order valence-corrected chi connectivity index (χ1v) is 7.58. The van der Waals surface area contributed by atoms with Crippen LogP contribution >= 0.6 is 0 Å². The summed E-state index contributed by atoms with van der Waals surface area (Å²) in [6, 6.07) is -0.390. The zero-order valence-electron chi connectivity index (χ0n) is 13.6. The number of likely N-dealkylation sites (tertiary alicyclic amines) is 1. The molecule has 1 rings (SSSR count). The highest BCUT2D eigenvalue weighted by atomic mass is 16.2. The number of rotatable bonds is 1. The molecule has 1 fully saturated rings. The number of carbonyl (C=O) groups excluding carboxylic acids is 1. The zero-order chi connectivity index (χ0) is 14.8. The van der Waals surface area contributed by atoms with Gasteiger partial charge in [-0.25, -0.2) is 0 Å². The SMILES string of the molecule is CC(C)(C)C1CCCN(C(=O)[C@@H](N)C(C)(C)C)CC1. The van der Waals surface area contributed by atoms with Crippen LogP contribution in [0.25, 0.3) is 0 Å². The van der Waals surface area contributed by atoms with Crippen LogP contribution in [0, 0.1) is 16.7 Å². The Balaban J connectivity index is 2.65. The van der Waals surface area contributed by atoms with E-state index in [2.05, 4.69) is 20.8 Å². The van der Waals surface area contributed by atoms with Gasteiger partial charge in [0.25, 0.3) is 0 Å². The molecule has 2 N–H and O–H groups in total.